The molecular weight excluding hydrogens is 248 g/mol. The van der Waals surface area contributed by atoms with E-state index in [9.17, 15) is 4.79 Å². The minimum atomic E-state index is 0.148. The van der Waals surface area contributed by atoms with Gasteiger partial charge in [-0.2, -0.15) is 0 Å². The molecule has 110 valence electrons. The van der Waals surface area contributed by atoms with Gasteiger partial charge in [0.05, 0.1) is 6.04 Å². The summed E-state index contributed by atoms with van der Waals surface area (Å²) in [6, 6.07) is 10.8. The number of benzene rings is 1. The van der Waals surface area contributed by atoms with Gasteiger partial charge >= 0.3 is 0 Å². The zero-order chi connectivity index (χ0) is 14.5. The van der Waals surface area contributed by atoms with Gasteiger partial charge in [-0.1, -0.05) is 37.5 Å². The maximum Gasteiger partial charge on any atom is 0.224 e. The van der Waals surface area contributed by atoms with Crippen molar-refractivity contribution < 1.29 is 4.79 Å². The first-order valence-corrected chi connectivity index (χ1v) is 7.62. The number of carbonyl (C=O) groups excluding carboxylic acids is 1. The van der Waals surface area contributed by atoms with Gasteiger partial charge in [0, 0.05) is 18.7 Å². The van der Waals surface area contributed by atoms with Gasteiger partial charge in [0.2, 0.25) is 5.91 Å². The molecule has 0 saturated heterocycles. The van der Waals surface area contributed by atoms with E-state index in [4.69, 9.17) is 0 Å². The maximum atomic E-state index is 12.2. The Bertz CT molecular complexity index is 430. The fraction of sp³-hybridized carbons (Fsp3) is 0.588. The molecule has 1 aromatic rings. The standard InChI is InChI=1S/C17H26N2O/c1-14(20)19(15-10-6-4-7-11-15)17-13-9-5-8-12-16(17)18(2)3/h4,6-7,10-11,16-17H,5,8-9,12-13H2,1-3H3. The Morgan fingerprint density at radius 3 is 2.15 bits per heavy atom. The number of likely N-dealkylation sites (N-methyl/N-ethyl adjacent to an activating group) is 1. The Kier molecular flexibility index (Phi) is 5.18. The van der Waals surface area contributed by atoms with E-state index in [0.29, 0.717) is 6.04 Å². The highest BCUT2D eigenvalue weighted by atomic mass is 16.2. The van der Waals surface area contributed by atoms with Gasteiger partial charge in [-0.3, -0.25) is 4.79 Å². The molecule has 0 N–H and O–H groups in total. The summed E-state index contributed by atoms with van der Waals surface area (Å²) in [6.07, 6.45) is 6.03. The molecule has 2 rings (SSSR count). The second-order valence-electron chi connectivity index (χ2n) is 5.96. The second kappa shape index (κ2) is 6.89. The Morgan fingerprint density at radius 1 is 1.00 bits per heavy atom. The molecule has 0 bridgehead atoms. The number of hydrogen-bond acceptors (Lipinski definition) is 2. The smallest absolute Gasteiger partial charge is 0.224 e. The van der Waals surface area contributed by atoms with Crippen LogP contribution >= 0.6 is 0 Å². The Balaban J connectivity index is 2.32. The van der Waals surface area contributed by atoms with Crippen LogP contribution in [-0.4, -0.2) is 37.0 Å². The van der Waals surface area contributed by atoms with Crippen molar-refractivity contribution in [2.75, 3.05) is 19.0 Å². The van der Waals surface area contributed by atoms with E-state index in [0.717, 1.165) is 12.1 Å². The van der Waals surface area contributed by atoms with Crippen LogP contribution in [-0.2, 0) is 4.79 Å². The zero-order valence-corrected chi connectivity index (χ0v) is 12.9. The van der Waals surface area contributed by atoms with Crippen molar-refractivity contribution in [3.63, 3.8) is 0 Å². The summed E-state index contributed by atoms with van der Waals surface area (Å²) in [5.74, 6) is 0.148. The van der Waals surface area contributed by atoms with E-state index in [1.165, 1.54) is 25.7 Å². The molecule has 0 aliphatic heterocycles. The van der Waals surface area contributed by atoms with Crippen molar-refractivity contribution in [1.82, 2.24) is 4.90 Å². The SMILES string of the molecule is CC(=O)N(c1ccccc1)C1CCCCCC1N(C)C. The lowest BCUT2D eigenvalue weighted by Crippen LogP contribution is -2.51. The highest BCUT2D eigenvalue weighted by Crippen LogP contribution is 2.29. The van der Waals surface area contributed by atoms with E-state index < -0.39 is 0 Å². The van der Waals surface area contributed by atoms with Crippen LogP contribution in [0.15, 0.2) is 30.3 Å². The maximum absolute atomic E-state index is 12.2. The first kappa shape index (κ1) is 15.0. The molecule has 1 saturated carbocycles. The highest BCUT2D eigenvalue weighted by Gasteiger charge is 2.32. The molecule has 3 nitrogen and oxygen atoms in total. The largest absolute Gasteiger partial charge is 0.308 e. The average Bonchev–Trinajstić information content (AvgIpc) is 2.66. The average molecular weight is 274 g/mol. The van der Waals surface area contributed by atoms with Gasteiger partial charge in [0.25, 0.3) is 0 Å². The van der Waals surface area contributed by atoms with Crippen LogP contribution in [0.5, 0.6) is 0 Å². The summed E-state index contributed by atoms with van der Waals surface area (Å²) in [7, 11) is 4.26. The Morgan fingerprint density at radius 2 is 1.60 bits per heavy atom. The predicted octanol–water partition coefficient (Wildman–Crippen LogP) is 3.30. The molecule has 1 amide bonds. The van der Waals surface area contributed by atoms with Crippen molar-refractivity contribution in [2.45, 2.75) is 51.1 Å². The minimum absolute atomic E-state index is 0.148. The normalized spacial score (nSPS) is 23.4. The molecule has 0 heterocycles. The minimum Gasteiger partial charge on any atom is -0.308 e. The number of nitrogens with zero attached hydrogens (tertiary/aromatic N) is 2. The highest BCUT2D eigenvalue weighted by molar-refractivity contribution is 5.92. The third kappa shape index (κ3) is 3.40. The molecule has 3 heteroatoms. The molecule has 2 atom stereocenters. The van der Waals surface area contributed by atoms with Gasteiger partial charge < -0.3 is 9.80 Å². The van der Waals surface area contributed by atoms with Crippen molar-refractivity contribution in [2.24, 2.45) is 0 Å². The molecule has 1 aromatic carbocycles. The van der Waals surface area contributed by atoms with Crippen molar-refractivity contribution in [1.29, 1.82) is 0 Å². The molecule has 1 aliphatic carbocycles. The van der Waals surface area contributed by atoms with Crippen LogP contribution in [0.25, 0.3) is 0 Å². The van der Waals surface area contributed by atoms with Crippen LogP contribution in [0.3, 0.4) is 0 Å². The fourth-order valence-electron chi connectivity index (χ4n) is 3.37. The number of hydrogen-bond donors (Lipinski definition) is 0. The summed E-state index contributed by atoms with van der Waals surface area (Å²) in [6.45, 7) is 1.69. The van der Waals surface area contributed by atoms with Crippen molar-refractivity contribution in [3.8, 4) is 0 Å². The monoisotopic (exact) mass is 274 g/mol. The van der Waals surface area contributed by atoms with Gasteiger partial charge in [0.1, 0.15) is 0 Å². The molecule has 0 spiro atoms. The lowest BCUT2D eigenvalue weighted by Gasteiger charge is -2.39. The number of carbonyl (C=O) groups is 1. The van der Waals surface area contributed by atoms with Gasteiger partial charge in [0.15, 0.2) is 0 Å². The third-order valence-corrected chi connectivity index (χ3v) is 4.31. The second-order valence-corrected chi connectivity index (χ2v) is 5.96. The third-order valence-electron chi connectivity index (χ3n) is 4.31. The molecule has 20 heavy (non-hydrogen) atoms. The predicted molar refractivity (Wildman–Crippen MR) is 84.0 cm³/mol. The van der Waals surface area contributed by atoms with Crippen LogP contribution in [0.4, 0.5) is 5.69 Å². The van der Waals surface area contributed by atoms with E-state index in [2.05, 4.69) is 19.0 Å². The Hall–Kier alpha value is -1.35. The zero-order valence-electron chi connectivity index (χ0n) is 12.9. The van der Waals surface area contributed by atoms with E-state index >= 15 is 0 Å². The van der Waals surface area contributed by atoms with E-state index in [-0.39, 0.29) is 11.9 Å². The Labute approximate surface area is 122 Å². The summed E-state index contributed by atoms with van der Waals surface area (Å²) < 4.78 is 0. The topological polar surface area (TPSA) is 23.6 Å². The van der Waals surface area contributed by atoms with Crippen LogP contribution in [0, 0.1) is 0 Å². The first-order chi connectivity index (χ1) is 9.61. The fourth-order valence-corrected chi connectivity index (χ4v) is 3.37. The van der Waals surface area contributed by atoms with Gasteiger partial charge in [-0.25, -0.2) is 0 Å². The number of amides is 1. The summed E-state index contributed by atoms with van der Waals surface area (Å²) in [5, 5.41) is 0. The molecule has 0 radical (unpaired) electrons. The molecular formula is C17H26N2O. The number of rotatable bonds is 3. The summed E-state index contributed by atoms with van der Waals surface area (Å²) >= 11 is 0. The molecule has 2 unspecified atom stereocenters. The van der Waals surface area contributed by atoms with E-state index in [1.807, 2.05) is 35.2 Å². The van der Waals surface area contributed by atoms with Crippen LogP contribution in [0.1, 0.15) is 39.0 Å². The lowest BCUT2D eigenvalue weighted by molar-refractivity contribution is -0.117. The van der Waals surface area contributed by atoms with E-state index in [1.54, 1.807) is 6.92 Å². The molecule has 1 aliphatic rings. The summed E-state index contributed by atoms with van der Waals surface area (Å²) in [5.41, 5.74) is 1.03. The molecule has 1 fully saturated rings. The quantitative estimate of drug-likeness (QED) is 0.790. The van der Waals surface area contributed by atoms with Crippen molar-refractivity contribution in [3.05, 3.63) is 30.3 Å². The van der Waals surface area contributed by atoms with Gasteiger partial charge in [-0.15, -0.1) is 0 Å². The van der Waals surface area contributed by atoms with Crippen molar-refractivity contribution >= 4 is 11.6 Å². The number of anilines is 1. The number of para-hydroxylation sites is 1. The van der Waals surface area contributed by atoms with Gasteiger partial charge in [-0.05, 0) is 39.1 Å². The molecule has 0 aromatic heterocycles. The summed E-state index contributed by atoms with van der Waals surface area (Å²) in [4.78, 5) is 16.5. The first-order valence-electron chi connectivity index (χ1n) is 7.62. The van der Waals surface area contributed by atoms with Crippen LogP contribution < -0.4 is 4.90 Å². The lowest BCUT2D eigenvalue weighted by atomic mass is 9.99. The van der Waals surface area contributed by atoms with Crippen LogP contribution in [0.2, 0.25) is 0 Å².